The van der Waals surface area contributed by atoms with Crippen LogP contribution < -0.4 is 0 Å². The average molecular weight is 228 g/mol. The summed E-state index contributed by atoms with van der Waals surface area (Å²) in [7, 11) is 0. The Balaban J connectivity index is 4.06. The van der Waals surface area contributed by atoms with Gasteiger partial charge < -0.3 is 5.11 Å². The van der Waals surface area contributed by atoms with Crippen molar-refractivity contribution in [2.75, 3.05) is 0 Å². The molecule has 16 heavy (non-hydrogen) atoms. The highest BCUT2D eigenvalue weighted by Gasteiger charge is 2.25. The van der Waals surface area contributed by atoms with Gasteiger partial charge in [-0.25, -0.2) is 0 Å². The van der Waals surface area contributed by atoms with E-state index in [1.54, 1.807) is 0 Å². The predicted octanol–water partition coefficient (Wildman–Crippen LogP) is 4.92. The van der Waals surface area contributed by atoms with E-state index >= 15 is 0 Å². The maximum Gasteiger partial charge on any atom is 0.0648 e. The third kappa shape index (κ3) is 7.27. The van der Waals surface area contributed by atoms with E-state index in [1.807, 2.05) is 0 Å². The second-order valence-electron chi connectivity index (χ2n) is 5.48. The molecule has 0 aliphatic carbocycles. The first kappa shape index (κ1) is 16.0. The quantitative estimate of drug-likeness (QED) is 0.562. The van der Waals surface area contributed by atoms with E-state index in [-0.39, 0.29) is 5.60 Å². The van der Waals surface area contributed by atoms with Crippen molar-refractivity contribution in [1.29, 1.82) is 0 Å². The first-order valence-electron chi connectivity index (χ1n) is 7.30. The Hall–Kier alpha value is -0.0400. The van der Waals surface area contributed by atoms with E-state index in [9.17, 15) is 5.11 Å². The Bertz CT molecular complexity index is 146. The summed E-state index contributed by atoms with van der Waals surface area (Å²) in [6.07, 6.45) is 10.1. The zero-order valence-corrected chi connectivity index (χ0v) is 11.9. The highest BCUT2D eigenvalue weighted by atomic mass is 16.3. The molecule has 0 aliphatic heterocycles. The van der Waals surface area contributed by atoms with Gasteiger partial charge in [-0.3, -0.25) is 0 Å². The van der Waals surface area contributed by atoms with Crippen LogP contribution in [-0.4, -0.2) is 10.7 Å². The van der Waals surface area contributed by atoms with E-state index in [4.69, 9.17) is 0 Å². The van der Waals surface area contributed by atoms with Crippen LogP contribution in [0.25, 0.3) is 0 Å². The number of unbranched alkanes of at least 4 members (excludes halogenated alkanes) is 2. The van der Waals surface area contributed by atoms with Gasteiger partial charge in [0.05, 0.1) is 5.60 Å². The van der Waals surface area contributed by atoms with Crippen molar-refractivity contribution in [2.45, 2.75) is 91.1 Å². The fraction of sp³-hybridized carbons (Fsp3) is 1.00. The third-order valence-corrected chi connectivity index (χ3v) is 3.79. The number of aliphatic hydroxyl groups is 1. The molecule has 0 fully saturated rings. The molecule has 0 aromatic carbocycles. The second-order valence-corrected chi connectivity index (χ2v) is 5.48. The lowest BCUT2D eigenvalue weighted by molar-refractivity contribution is 0.00501. The Labute approximate surface area is 103 Å². The molecule has 0 spiro atoms. The third-order valence-electron chi connectivity index (χ3n) is 3.79. The topological polar surface area (TPSA) is 20.2 Å². The second kappa shape index (κ2) is 9.04. The fourth-order valence-corrected chi connectivity index (χ4v) is 2.11. The van der Waals surface area contributed by atoms with Gasteiger partial charge in [-0.1, -0.05) is 59.8 Å². The summed E-state index contributed by atoms with van der Waals surface area (Å²) >= 11 is 0. The molecule has 0 heterocycles. The van der Waals surface area contributed by atoms with Gasteiger partial charge >= 0.3 is 0 Å². The monoisotopic (exact) mass is 228 g/mol. The minimum atomic E-state index is -0.366. The van der Waals surface area contributed by atoms with Gasteiger partial charge in [0.2, 0.25) is 0 Å². The summed E-state index contributed by atoms with van der Waals surface area (Å²) in [6, 6.07) is 0. The van der Waals surface area contributed by atoms with Crippen molar-refractivity contribution in [3.8, 4) is 0 Å². The van der Waals surface area contributed by atoms with Gasteiger partial charge in [0.15, 0.2) is 0 Å². The van der Waals surface area contributed by atoms with Crippen LogP contribution in [0.3, 0.4) is 0 Å². The Morgan fingerprint density at radius 2 is 1.44 bits per heavy atom. The van der Waals surface area contributed by atoms with E-state index in [0.717, 1.165) is 25.2 Å². The summed E-state index contributed by atoms with van der Waals surface area (Å²) in [5, 5.41) is 10.6. The summed E-state index contributed by atoms with van der Waals surface area (Å²) in [5.74, 6) is 0.759. The molecule has 0 radical (unpaired) electrons. The summed E-state index contributed by atoms with van der Waals surface area (Å²) in [6.45, 7) is 8.94. The van der Waals surface area contributed by atoms with Crippen molar-refractivity contribution in [2.24, 2.45) is 5.92 Å². The summed E-state index contributed by atoms with van der Waals surface area (Å²) in [5.41, 5.74) is -0.366. The molecule has 0 aliphatic rings. The zero-order valence-electron chi connectivity index (χ0n) is 11.9. The number of hydrogen-bond donors (Lipinski definition) is 1. The van der Waals surface area contributed by atoms with Crippen molar-refractivity contribution in [3.63, 3.8) is 0 Å². The van der Waals surface area contributed by atoms with Gasteiger partial charge in [-0.05, 0) is 31.6 Å². The molecule has 0 aromatic rings. The van der Waals surface area contributed by atoms with Gasteiger partial charge in [-0.2, -0.15) is 0 Å². The molecular weight excluding hydrogens is 196 g/mol. The highest BCUT2D eigenvalue weighted by Crippen LogP contribution is 2.28. The van der Waals surface area contributed by atoms with Crippen LogP contribution in [0.5, 0.6) is 0 Å². The highest BCUT2D eigenvalue weighted by molar-refractivity contribution is 4.78. The Morgan fingerprint density at radius 1 is 0.938 bits per heavy atom. The summed E-state index contributed by atoms with van der Waals surface area (Å²) < 4.78 is 0. The van der Waals surface area contributed by atoms with Gasteiger partial charge in [0.1, 0.15) is 0 Å². The minimum absolute atomic E-state index is 0.366. The molecule has 0 bridgehead atoms. The van der Waals surface area contributed by atoms with Crippen LogP contribution in [0.2, 0.25) is 0 Å². The molecule has 1 nitrogen and oxygen atoms in total. The van der Waals surface area contributed by atoms with Crippen LogP contribution in [0.1, 0.15) is 85.5 Å². The van der Waals surface area contributed by atoms with Crippen molar-refractivity contribution in [1.82, 2.24) is 0 Å². The van der Waals surface area contributed by atoms with Crippen LogP contribution in [0, 0.1) is 5.92 Å². The lowest BCUT2D eigenvalue weighted by Crippen LogP contribution is -2.29. The van der Waals surface area contributed by atoms with Crippen molar-refractivity contribution in [3.05, 3.63) is 0 Å². The molecule has 0 unspecified atom stereocenters. The zero-order chi connectivity index (χ0) is 12.4. The van der Waals surface area contributed by atoms with E-state index < -0.39 is 0 Å². The molecule has 98 valence electrons. The van der Waals surface area contributed by atoms with Crippen LogP contribution in [0.4, 0.5) is 0 Å². The first-order valence-corrected chi connectivity index (χ1v) is 7.30. The summed E-state index contributed by atoms with van der Waals surface area (Å²) in [4.78, 5) is 0. The molecule has 0 amide bonds. The van der Waals surface area contributed by atoms with Crippen LogP contribution in [0.15, 0.2) is 0 Å². The average Bonchev–Trinajstić information content (AvgIpc) is 2.31. The molecule has 0 saturated carbocycles. The lowest BCUT2D eigenvalue weighted by Gasteiger charge is -2.29. The van der Waals surface area contributed by atoms with E-state index in [1.165, 1.54) is 38.5 Å². The Kier molecular flexibility index (Phi) is 9.02. The van der Waals surface area contributed by atoms with Crippen LogP contribution >= 0.6 is 0 Å². The van der Waals surface area contributed by atoms with Gasteiger partial charge in [0, 0.05) is 0 Å². The largest absolute Gasteiger partial charge is 0.390 e. The molecule has 1 heteroatoms. The maximum absolute atomic E-state index is 10.6. The van der Waals surface area contributed by atoms with Crippen molar-refractivity contribution < 1.29 is 5.11 Å². The molecule has 0 rings (SSSR count). The maximum atomic E-state index is 10.6. The predicted molar refractivity (Wildman–Crippen MR) is 72.7 cm³/mol. The molecule has 1 atom stereocenters. The molecule has 0 saturated heterocycles. The Morgan fingerprint density at radius 3 is 1.81 bits per heavy atom. The minimum Gasteiger partial charge on any atom is -0.390 e. The van der Waals surface area contributed by atoms with Crippen molar-refractivity contribution >= 4 is 0 Å². The van der Waals surface area contributed by atoms with E-state index in [0.29, 0.717) is 0 Å². The molecular formula is C15H32O. The smallest absolute Gasteiger partial charge is 0.0648 e. The van der Waals surface area contributed by atoms with Gasteiger partial charge in [-0.15, -0.1) is 0 Å². The number of rotatable bonds is 10. The first-order chi connectivity index (χ1) is 7.58. The molecule has 1 N–H and O–H groups in total. The fourth-order valence-electron chi connectivity index (χ4n) is 2.11. The van der Waals surface area contributed by atoms with Gasteiger partial charge in [0.25, 0.3) is 0 Å². The van der Waals surface area contributed by atoms with Crippen LogP contribution in [-0.2, 0) is 0 Å². The van der Waals surface area contributed by atoms with E-state index in [2.05, 4.69) is 27.7 Å². The molecule has 0 aromatic heterocycles. The standard InChI is InChI=1S/C15H32O/c1-5-8-11-15(16,12-9-6-2)13-10-14(4)7-3/h14,16H,5-13H2,1-4H3/t14-/m1/s1. The normalized spacial score (nSPS) is 14.1. The lowest BCUT2D eigenvalue weighted by atomic mass is 9.84. The SMILES string of the molecule is CCCCC(O)(CCCC)CC[C@H](C)CC. The number of hydrogen-bond acceptors (Lipinski definition) is 1.